The minimum Gasteiger partial charge on any atom is -0.367 e. The first-order valence-corrected chi connectivity index (χ1v) is 4.18. The van der Waals surface area contributed by atoms with E-state index in [1.54, 1.807) is 0 Å². The van der Waals surface area contributed by atoms with Crippen molar-refractivity contribution in [2.75, 3.05) is 13.6 Å². The summed E-state index contributed by atoms with van der Waals surface area (Å²) in [4.78, 5) is 2.17. The zero-order valence-electron chi connectivity index (χ0n) is 7.14. The Morgan fingerprint density at radius 3 is 3.00 bits per heavy atom. The minimum atomic E-state index is 0.742. The highest BCUT2D eigenvalue weighted by atomic mass is 15.1. The van der Waals surface area contributed by atoms with Crippen LogP contribution in [0.5, 0.6) is 0 Å². The van der Waals surface area contributed by atoms with Crippen LogP contribution in [0.2, 0.25) is 0 Å². The van der Waals surface area contributed by atoms with Gasteiger partial charge in [0.2, 0.25) is 0 Å². The molecular weight excluding hydrogens is 134 g/mol. The Labute approximate surface area is 69.1 Å². The molecule has 0 radical (unpaired) electrons. The van der Waals surface area contributed by atoms with Gasteiger partial charge in [0, 0.05) is 12.7 Å². The van der Waals surface area contributed by atoms with Crippen LogP contribution in [0.3, 0.4) is 0 Å². The summed E-state index contributed by atoms with van der Waals surface area (Å²) in [5.74, 6) is 2.65. The zero-order valence-corrected chi connectivity index (χ0v) is 7.14. The first kappa shape index (κ1) is 8.20. The van der Waals surface area contributed by atoms with Crippen LogP contribution in [0.25, 0.3) is 0 Å². The maximum Gasteiger partial charge on any atom is 0.0785 e. The smallest absolute Gasteiger partial charge is 0.0785 e. The summed E-state index contributed by atoms with van der Waals surface area (Å²) in [6.07, 6.45) is 12.6. The quantitative estimate of drug-likeness (QED) is 0.543. The predicted octanol–water partition coefficient (Wildman–Crippen LogP) is 2.01. The fraction of sp³-hybridized carbons (Fsp3) is 0.600. The van der Waals surface area contributed by atoms with Crippen molar-refractivity contribution < 1.29 is 0 Å². The Kier molecular flexibility index (Phi) is 3.04. The van der Waals surface area contributed by atoms with Crippen molar-refractivity contribution in [2.24, 2.45) is 0 Å². The molecule has 1 rings (SSSR count). The van der Waals surface area contributed by atoms with Crippen LogP contribution in [-0.2, 0) is 0 Å². The molecule has 1 heteroatoms. The third kappa shape index (κ3) is 2.31. The van der Waals surface area contributed by atoms with Gasteiger partial charge in [0.25, 0.3) is 0 Å². The van der Waals surface area contributed by atoms with E-state index in [1.807, 2.05) is 0 Å². The largest absolute Gasteiger partial charge is 0.367 e. The predicted molar refractivity (Wildman–Crippen MR) is 48.0 cm³/mol. The molecule has 0 aromatic rings. The summed E-state index contributed by atoms with van der Waals surface area (Å²) < 4.78 is 0. The van der Waals surface area contributed by atoms with Gasteiger partial charge in [-0.05, 0) is 25.7 Å². The summed E-state index contributed by atoms with van der Waals surface area (Å²) in [6, 6.07) is 0. The molecule has 0 fully saturated rings. The first-order chi connectivity index (χ1) is 5.34. The van der Waals surface area contributed by atoms with Gasteiger partial charge >= 0.3 is 0 Å². The van der Waals surface area contributed by atoms with Gasteiger partial charge in [-0.15, -0.1) is 6.42 Å². The molecule has 0 saturated carbocycles. The van der Waals surface area contributed by atoms with Crippen LogP contribution >= 0.6 is 0 Å². The van der Waals surface area contributed by atoms with Gasteiger partial charge < -0.3 is 4.90 Å². The van der Waals surface area contributed by atoms with Gasteiger partial charge in [0.15, 0.2) is 0 Å². The number of hydrogen-bond donors (Lipinski definition) is 0. The SMILES string of the molecule is C#CCN(C)C1=CCCCC1. The molecule has 0 amide bonds. The maximum atomic E-state index is 5.22. The van der Waals surface area contributed by atoms with Crippen LogP contribution in [0, 0.1) is 12.3 Å². The maximum absolute atomic E-state index is 5.22. The Balaban J connectivity index is 2.45. The Morgan fingerprint density at radius 2 is 2.45 bits per heavy atom. The topological polar surface area (TPSA) is 3.24 Å². The van der Waals surface area contributed by atoms with E-state index < -0.39 is 0 Å². The lowest BCUT2D eigenvalue weighted by molar-refractivity contribution is 0.429. The average Bonchev–Trinajstić information content (AvgIpc) is 2.07. The Bertz CT molecular complexity index is 186. The van der Waals surface area contributed by atoms with Gasteiger partial charge in [-0.2, -0.15) is 0 Å². The zero-order chi connectivity index (χ0) is 8.10. The molecule has 0 aromatic heterocycles. The van der Waals surface area contributed by atoms with Gasteiger partial charge in [-0.25, -0.2) is 0 Å². The molecule has 1 nitrogen and oxygen atoms in total. The minimum absolute atomic E-state index is 0.742. The molecule has 0 heterocycles. The second-order valence-corrected chi connectivity index (χ2v) is 3.00. The summed E-state index contributed by atoms with van der Waals surface area (Å²) in [7, 11) is 2.07. The summed E-state index contributed by atoms with van der Waals surface area (Å²) in [5, 5.41) is 0. The number of terminal acetylenes is 1. The summed E-state index contributed by atoms with van der Waals surface area (Å²) in [5.41, 5.74) is 1.43. The van der Waals surface area contributed by atoms with E-state index in [-0.39, 0.29) is 0 Å². The van der Waals surface area contributed by atoms with Gasteiger partial charge in [0.05, 0.1) is 6.54 Å². The number of hydrogen-bond acceptors (Lipinski definition) is 1. The average molecular weight is 149 g/mol. The van der Waals surface area contributed by atoms with Crippen molar-refractivity contribution >= 4 is 0 Å². The highest BCUT2D eigenvalue weighted by Gasteiger charge is 2.06. The lowest BCUT2D eigenvalue weighted by Crippen LogP contribution is -2.19. The van der Waals surface area contributed by atoms with Crippen molar-refractivity contribution in [3.63, 3.8) is 0 Å². The second kappa shape index (κ2) is 4.08. The molecule has 1 aliphatic rings. The van der Waals surface area contributed by atoms with E-state index in [2.05, 4.69) is 23.9 Å². The molecular formula is C10H15N. The first-order valence-electron chi connectivity index (χ1n) is 4.18. The fourth-order valence-corrected chi connectivity index (χ4v) is 1.41. The Morgan fingerprint density at radius 1 is 1.64 bits per heavy atom. The van der Waals surface area contributed by atoms with Crippen molar-refractivity contribution in [3.8, 4) is 12.3 Å². The number of allylic oxidation sites excluding steroid dienone is 2. The normalized spacial score (nSPS) is 16.9. The lowest BCUT2D eigenvalue weighted by Gasteiger charge is -2.22. The van der Waals surface area contributed by atoms with Crippen LogP contribution in [0.15, 0.2) is 11.8 Å². The summed E-state index contributed by atoms with van der Waals surface area (Å²) in [6.45, 7) is 0.742. The van der Waals surface area contributed by atoms with Crippen LogP contribution < -0.4 is 0 Å². The van der Waals surface area contributed by atoms with E-state index in [0.717, 1.165) is 6.54 Å². The molecule has 11 heavy (non-hydrogen) atoms. The molecule has 0 atom stereocenters. The van der Waals surface area contributed by atoms with E-state index in [9.17, 15) is 0 Å². The molecule has 0 aliphatic heterocycles. The van der Waals surface area contributed by atoms with Gasteiger partial charge in [-0.3, -0.25) is 0 Å². The molecule has 0 aromatic carbocycles. The molecule has 0 bridgehead atoms. The van der Waals surface area contributed by atoms with Crippen molar-refractivity contribution in [1.29, 1.82) is 0 Å². The molecule has 1 aliphatic carbocycles. The molecule has 60 valence electrons. The van der Waals surface area contributed by atoms with Crippen LogP contribution in [0.1, 0.15) is 25.7 Å². The van der Waals surface area contributed by atoms with Crippen molar-refractivity contribution in [2.45, 2.75) is 25.7 Å². The van der Waals surface area contributed by atoms with Gasteiger partial charge in [0.1, 0.15) is 0 Å². The monoisotopic (exact) mass is 149 g/mol. The van der Waals surface area contributed by atoms with Crippen LogP contribution in [0.4, 0.5) is 0 Å². The highest BCUT2D eigenvalue weighted by molar-refractivity contribution is 5.06. The standard InChI is InChI=1S/C10H15N/c1-3-9-11(2)10-7-5-4-6-8-10/h1,7H,4-6,8-9H2,2H3. The lowest BCUT2D eigenvalue weighted by atomic mass is 10.0. The third-order valence-corrected chi connectivity index (χ3v) is 2.09. The summed E-state index contributed by atoms with van der Waals surface area (Å²) >= 11 is 0. The molecule has 0 N–H and O–H groups in total. The van der Waals surface area contributed by atoms with Crippen LogP contribution in [-0.4, -0.2) is 18.5 Å². The van der Waals surface area contributed by atoms with E-state index in [0.29, 0.717) is 0 Å². The fourth-order valence-electron chi connectivity index (χ4n) is 1.41. The Hall–Kier alpha value is -0.900. The number of nitrogens with zero attached hydrogens (tertiary/aromatic N) is 1. The molecule has 0 spiro atoms. The van der Waals surface area contributed by atoms with Crippen molar-refractivity contribution in [1.82, 2.24) is 4.90 Å². The molecule has 0 saturated heterocycles. The molecule has 0 unspecified atom stereocenters. The second-order valence-electron chi connectivity index (χ2n) is 3.00. The van der Waals surface area contributed by atoms with E-state index in [1.165, 1.54) is 31.4 Å². The van der Waals surface area contributed by atoms with E-state index in [4.69, 9.17) is 6.42 Å². The highest BCUT2D eigenvalue weighted by Crippen LogP contribution is 2.18. The van der Waals surface area contributed by atoms with E-state index >= 15 is 0 Å². The van der Waals surface area contributed by atoms with Gasteiger partial charge in [-0.1, -0.05) is 12.0 Å². The van der Waals surface area contributed by atoms with Crippen molar-refractivity contribution in [3.05, 3.63) is 11.8 Å². The third-order valence-electron chi connectivity index (χ3n) is 2.09. The number of rotatable bonds is 2.